The first-order valence-corrected chi connectivity index (χ1v) is 13.1. The third kappa shape index (κ3) is 10.8. The molecule has 1 N–H and O–H groups in total. The molecule has 0 radical (unpaired) electrons. The highest BCUT2D eigenvalue weighted by Gasteiger charge is 2.12. The summed E-state index contributed by atoms with van der Waals surface area (Å²) >= 11 is 12.4. The van der Waals surface area contributed by atoms with Crippen LogP contribution in [0.3, 0.4) is 0 Å². The fourth-order valence-corrected chi connectivity index (χ4v) is 3.79. The smallest absolute Gasteiger partial charge is 0.140 e. The molecule has 0 aliphatic carbocycles. The van der Waals surface area contributed by atoms with Crippen LogP contribution in [-0.4, -0.2) is 9.67 Å². The summed E-state index contributed by atoms with van der Waals surface area (Å²) < 4.78 is 7.56. The lowest BCUT2D eigenvalue weighted by atomic mass is 10.1. The van der Waals surface area contributed by atoms with Crippen molar-refractivity contribution in [3.63, 3.8) is 0 Å². The first-order chi connectivity index (χ1) is 21.5. The second-order valence-electron chi connectivity index (χ2n) is 8.10. The van der Waals surface area contributed by atoms with Gasteiger partial charge >= 0.3 is 0 Å². The summed E-state index contributed by atoms with van der Waals surface area (Å²) in [5.41, 5.74) is 3.61. The summed E-state index contributed by atoms with van der Waals surface area (Å²) in [7, 11) is 0. The zero-order chi connectivity index (χ0) is 31.4. The minimum atomic E-state index is -0.113. The average molecular weight is 600 g/mol. The van der Waals surface area contributed by atoms with Crippen LogP contribution in [0.4, 0.5) is 0 Å². The molecule has 0 aliphatic rings. The predicted molar refractivity (Wildman–Crippen MR) is 175 cm³/mol. The van der Waals surface area contributed by atoms with E-state index in [4.69, 9.17) is 34.4 Å². The highest BCUT2D eigenvalue weighted by atomic mass is 35.5. The van der Waals surface area contributed by atoms with E-state index in [1.165, 1.54) is 0 Å². The number of halogens is 2. The van der Waals surface area contributed by atoms with E-state index in [9.17, 15) is 5.11 Å². The Morgan fingerprint density at radius 1 is 0.682 bits per heavy atom. The average Bonchev–Trinajstić information content (AvgIpc) is 3.33. The Labute approximate surface area is 267 Å². The van der Waals surface area contributed by atoms with Gasteiger partial charge in [0, 0.05) is 94.7 Å². The van der Waals surface area contributed by atoms with Crippen molar-refractivity contribution in [2.45, 2.75) is 20.1 Å². The van der Waals surface area contributed by atoms with Gasteiger partial charge in [-0.05, 0) is 89.7 Å². The number of aromatic nitrogens is 1. The molecular weight excluding hydrogens is 585 g/mol. The zero-order valence-electron chi connectivity index (χ0n) is 23.0. The van der Waals surface area contributed by atoms with Crippen molar-refractivity contribution >= 4 is 34.1 Å². The van der Waals surface area contributed by atoms with Gasteiger partial charge in [-0.2, -0.15) is 0 Å². The first-order valence-electron chi connectivity index (χ1n) is 12.3. The van der Waals surface area contributed by atoms with Gasteiger partial charge in [-0.3, -0.25) is 0 Å². The Balaban J connectivity index is 1.55. The Morgan fingerprint density at radius 2 is 1.18 bits per heavy atom. The van der Waals surface area contributed by atoms with Crippen molar-refractivity contribution in [2.24, 2.45) is 0 Å². The van der Waals surface area contributed by atoms with Crippen molar-refractivity contribution in [1.82, 2.24) is 4.57 Å². The Morgan fingerprint density at radius 3 is 1.70 bits per heavy atom. The van der Waals surface area contributed by atoms with Crippen molar-refractivity contribution in [3.05, 3.63) is 63.3 Å². The van der Waals surface area contributed by atoms with E-state index in [-0.39, 0.29) is 6.61 Å². The number of fused-ring (bicyclic) bond motifs is 1. The van der Waals surface area contributed by atoms with Gasteiger partial charge in [0.2, 0.25) is 0 Å². The maximum Gasteiger partial charge on any atom is 0.140 e. The Hall–Kier alpha value is -6.52. The molecular formula is C39H15Cl2NO2. The SMILES string of the molecule is C#CC#CC#CC#CC#CC#CC#CC#CC#CC#CC#COc1cc(C)cc(Cn2cc(CO)c3cc(Cl)c(Cl)cc32)c1. The van der Waals surface area contributed by atoms with Crippen molar-refractivity contribution in [1.29, 1.82) is 0 Å². The van der Waals surface area contributed by atoms with E-state index in [1.807, 2.05) is 35.9 Å². The van der Waals surface area contributed by atoms with E-state index in [0.717, 1.165) is 27.6 Å². The molecule has 3 rings (SSSR count). The molecule has 1 heterocycles. The Bertz CT molecular complexity index is 2320. The number of aliphatic hydroxyl groups is 1. The lowest BCUT2D eigenvalue weighted by molar-refractivity contribution is 0.283. The fraction of sp³-hybridized carbons (Fsp3) is 0.0769. The van der Waals surface area contributed by atoms with Crippen LogP contribution < -0.4 is 4.74 Å². The highest BCUT2D eigenvalue weighted by molar-refractivity contribution is 6.42. The monoisotopic (exact) mass is 599 g/mol. The lowest BCUT2D eigenvalue weighted by Crippen LogP contribution is -1.99. The number of hydrogen-bond donors (Lipinski definition) is 1. The molecule has 202 valence electrons. The second-order valence-corrected chi connectivity index (χ2v) is 8.92. The molecule has 2 aromatic carbocycles. The predicted octanol–water partition coefficient (Wildman–Crippen LogP) is 4.80. The van der Waals surface area contributed by atoms with Gasteiger partial charge in [-0.15, -0.1) is 6.42 Å². The molecule has 0 saturated heterocycles. The van der Waals surface area contributed by atoms with Gasteiger partial charge < -0.3 is 14.4 Å². The van der Waals surface area contributed by atoms with Crippen molar-refractivity contribution in [3.8, 4) is 137 Å². The van der Waals surface area contributed by atoms with Gasteiger partial charge in [-0.25, -0.2) is 0 Å². The number of rotatable bonds is 4. The molecule has 1 aromatic heterocycles. The van der Waals surface area contributed by atoms with Crippen molar-refractivity contribution in [2.75, 3.05) is 0 Å². The number of aliphatic hydroxyl groups excluding tert-OH is 1. The minimum absolute atomic E-state index is 0.113. The number of terminal acetylenes is 1. The van der Waals surface area contributed by atoms with Crippen LogP contribution in [-0.2, 0) is 13.2 Å². The van der Waals surface area contributed by atoms with Gasteiger partial charge in [-0.1, -0.05) is 29.3 Å². The van der Waals surface area contributed by atoms with Crippen LogP contribution in [0.25, 0.3) is 10.9 Å². The van der Waals surface area contributed by atoms with Gasteiger partial charge in [0.05, 0.1) is 22.2 Å². The lowest BCUT2D eigenvalue weighted by Gasteiger charge is -2.09. The standard InChI is InChI=1S/C39H15Cl2NO2/c1-3-4-5-6-7-8-9-10-11-12-13-14-15-16-17-18-19-20-21-22-23-44-35-25-32(2)24-33(26-35)29-42-30-34(31-43)36-27-37(40)38(41)28-39(36)42/h1,24-28,30,43H,29,31H2,2H3. The molecule has 0 aliphatic heterocycles. The molecule has 0 fully saturated rings. The van der Waals surface area contributed by atoms with E-state index in [0.29, 0.717) is 22.3 Å². The molecule has 0 spiro atoms. The molecule has 0 bridgehead atoms. The topological polar surface area (TPSA) is 34.4 Å². The maximum atomic E-state index is 9.78. The largest absolute Gasteiger partial charge is 0.407 e. The van der Waals surface area contributed by atoms with Gasteiger partial charge in [0.15, 0.2) is 0 Å². The van der Waals surface area contributed by atoms with Gasteiger partial charge in [0.25, 0.3) is 0 Å². The second kappa shape index (κ2) is 18.0. The van der Waals surface area contributed by atoms with E-state index in [2.05, 4.69) is 125 Å². The number of aryl methyl sites for hydroxylation is 1. The quantitative estimate of drug-likeness (QED) is 0.437. The van der Waals surface area contributed by atoms with Crippen LogP contribution in [0.5, 0.6) is 5.75 Å². The van der Waals surface area contributed by atoms with Crippen LogP contribution >= 0.6 is 23.2 Å². The van der Waals surface area contributed by atoms with Crippen LogP contribution in [0.15, 0.2) is 36.5 Å². The highest BCUT2D eigenvalue weighted by Crippen LogP contribution is 2.32. The first kappa shape index (κ1) is 32.0. The summed E-state index contributed by atoms with van der Waals surface area (Å²) in [5.74, 6) is 50.3. The molecule has 0 amide bonds. The molecule has 3 aromatic rings. The van der Waals surface area contributed by atoms with Crippen LogP contribution in [0, 0.1) is 138 Å². The van der Waals surface area contributed by atoms with Gasteiger partial charge in [0.1, 0.15) is 11.9 Å². The molecule has 44 heavy (non-hydrogen) atoms. The molecule has 3 nitrogen and oxygen atoms in total. The molecule has 5 heteroatoms. The summed E-state index contributed by atoms with van der Waals surface area (Å²) in [6, 6.07) is 9.35. The summed E-state index contributed by atoms with van der Waals surface area (Å²) in [5, 5.41) is 11.5. The van der Waals surface area contributed by atoms with E-state index >= 15 is 0 Å². The molecule has 0 unspecified atom stereocenters. The summed E-state index contributed by atoms with van der Waals surface area (Å²) in [4.78, 5) is 0. The van der Waals surface area contributed by atoms with Crippen molar-refractivity contribution < 1.29 is 9.84 Å². The van der Waals surface area contributed by atoms with E-state index < -0.39 is 0 Å². The fourth-order valence-electron chi connectivity index (χ4n) is 3.46. The number of nitrogens with zero attached hydrogens (tertiary/aromatic N) is 1. The van der Waals surface area contributed by atoms with Crippen LogP contribution in [0.1, 0.15) is 16.7 Å². The normalized spacial score (nSPS) is 7.70. The zero-order valence-corrected chi connectivity index (χ0v) is 24.5. The van der Waals surface area contributed by atoms with Crippen LogP contribution in [0.2, 0.25) is 10.0 Å². The molecule has 0 atom stereocenters. The summed E-state index contributed by atoms with van der Waals surface area (Å²) in [6.45, 7) is 2.38. The number of ether oxygens (including phenoxy) is 1. The Kier molecular flexibility index (Phi) is 13.1. The third-order valence-electron chi connectivity index (χ3n) is 5.06. The maximum absolute atomic E-state index is 9.78. The molecule has 0 saturated carbocycles. The summed E-state index contributed by atoms with van der Waals surface area (Å²) in [6.07, 6.45) is 9.39. The number of benzene rings is 2. The minimum Gasteiger partial charge on any atom is -0.407 e. The number of hydrogen-bond acceptors (Lipinski definition) is 2. The third-order valence-corrected chi connectivity index (χ3v) is 5.78. The van der Waals surface area contributed by atoms with E-state index in [1.54, 1.807) is 12.1 Å².